The molecule has 0 saturated carbocycles. The number of hydrogen-bond donors (Lipinski definition) is 5. The number of aliphatic hydroxyl groups excluding tert-OH is 1. The van der Waals surface area contributed by atoms with Crippen molar-refractivity contribution in [3.05, 3.63) is 77.3 Å². The number of benzene rings is 2. The van der Waals surface area contributed by atoms with Gasteiger partial charge in [-0.3, -0.25) is 0 Å². The van der Waals surface area contributed by atoms with E-state index in [1.165, 1.54) is 22.0 Å². The quantitative estimate of drug-likeness (QED) is 0.0719. The largest absolute Gasteiger partial charge is 0.490 e. The SMILES string of the molecule is CC.CNNN=NCCCc1cccc2c(CC(C)NCC(O)COc3ccccc3-c3cccs3)c[nH]c12. The van der Waals surface area contributed by atoms with Crippen molar-refractivity contribution >= 4 is 22.2 Å². The lowest BCUT2D eigenvalue weighted by Crippen LogP contribution is -2.37. The van der Waals surface area contributed by atoms with Gasteiger partial charge in [-0.05, 0) is 60.9 Å². The van der Waals surface area contributed by atoms with E-state index in [9.17, 15) is 5.11 Å². The highest BCUT2D eigenvalue weighted by atomic mass is 32.1. The summed E-state index contributed by atoms with van der Waals surface area (Å²) < 4.78 is 5.98. The molecule has 8 nitrogen and oxygen atoms in total. The third kappa shape index (κ3) is 9.18. The Morgan fingerprint density at radius 2 is 1.90 bits per heavy atom. The zero-order valence-corrected chi connectivity index (χ0v) is 24.2. The second-order valence-electron chi connectivity index (χ2n) is 9.04. The first-order valence-corrected chi connectivity index (χ1v) is 14.6. The first kappa shape index (κ1) is 30.3. The molecule has 5 N–H and O–H groups in total. The molecule has 0 amide bonds. The van der Waals surface area contributed by atoms with E-state index in [-0.39, 0.29) is 12.6 Å². The van der Waals surface area contributed by atoms with Crippen LogP contribution in [-0.4, -0.2) is 49.0 Å². The molecule has 2 atom stereocenters. The Kier molecular flexibility index (Phi) is 12.9. The molecule has 0 bridgehead atoms. The van der Waals surface area contributed by atoms with Crippen LogP contribution in [0, 0.1) is 0 Å². The summed E-state index contributed by atoms with van der Waals surface area (Å²) in [6.45, 7) is 7.52. The summed E-state index contributed by atoms with van der Waals surface area (Å²) in [7, 11) is 1.75. The number of ether oxygens (including phenoxy) is 1. The number of nitrogens with zero attached hydrogens (tertiary/aromatic N) is 2. The second-order valence-corrected chi connectivity index (χ2v) is 9.98. The van der Waals surface area contributed by atoms with E-state index in [4.69, 9.17) is 4.74 Å². The van der Waals surface area contributed by atoms with Crippen molar-refractivity contribution in [2.24, 2.45) is 10.3 Å². The molecule has 9 heteroatoms. The second kappa shape index (κ2) is 16.7. The first-order chi connectivity index (χ1) is 19.2. The van der Waals surface area contributed by atoms with Crippen LogP contribution in [0.25, 0.3) is 21.3 Å². The molecule has 2 aromatic heterocycles. The Morgan fingerprint density at radius 1 is 1.05 bits per heavy atom. The number of aromatic nitrogens is 1. The van der Waals surface area contributed by atoms with Gasteiger partial charge in [-0.25, -0.2) is 11.0 Å². The minimum Gasteiger partial charge on any atom is -0.490 e. The fourth-order valence-electron chi connectivity index (χ4n) is 4.34. The summed E-state index contributed by atoms with van der Waals surface area (Å²) in [5.74, 6) is 0.796. The van der Waals surface area contributed by atoms with Crippen molar-refractivity contribution in [2.45, 2.75) is 52.2 Å². The fraction of sp³-hybridized carbons (Fsp3) is 0.400. The third-order valence-electron chi connectivity index (χ3n) is 6.16. The smallest absolute Gasteiger partial charge is 0.128 e. The molecule has 0 radical (unpaired) electrons. The molecule has 0 aliphatic rings. The van der Waals surface area contributed by atoms with Crippen LogP contribution in [-0.2, 0) is 12.8 Å². The molecule has 210 valence electrons. The molecule has 0 aliphatic heterocycles. The van der Waals surface area contributed by atoms with Gasteiger partial charge in [0, 0.05) is 47.2 Å². The van der Waals surface area contributed by atoms with Crippen LogP contribution in [0.1, 0.15) is 38.3 Å². The minimum absolute atomic E-state index is 0.204. The highest BCUT2D eigenvalue weighted by molar-refractivity contribution is 7.13. The lowest BCUT2D eigenvalue weighted by molar-refractivity contribution is 0.104. The fourth-order valence-corrected chi connectivity index (χ4v) is 5.10. The summed E-state index contributed by atoms with van der Waals surface area (Å²) in [6.07, 6.45) is 4.23. The first-order valence-electron chi connectivity index (χ1n) is 13.7. The molecular weight excluding hydrogens is 508 g/mol. The van der Waals surface area contributed by atoms with Gasteiger partial charge >= 0.3 is 0 Å². The molecule has 4 rings (SSSR count). The molecule has 0 fully saturated rings. The molecule has 0 saturated heterocycles. The summed E-state index contributed by atoms with van der Waals surface area (Å²) in [4.78, 5) is 4.63. The number of rotatable bonds is 15. The van der Waals surface area contributed by atoms with Gasteiger partial charge in [0.1, 0.15) is 18.5 Å². The minimum atomic E-state index is -0.603. The van der Waals surface area contributed by atoms with Gasteiger partial charge in [0.15, 0.2) is 0 Å². The molecule has 2 heterocycles. The van der Waals surface area contributed by atoms with Crippen molar-refractivity contribution < 1.29 is 9.84 Å². The van der Waals surface area contributed by atoms with Crippen LogP contribution in [0.15, 0.2) is 76.5 Å². The van der Waals surface area contributed by atoms with E-state index >= 15 is 0 Å². The Bertz CT molecular complexity index is 1260. The third-order valence-corrected chi connectivity index (χ3v) is 7.06. The van der Waals surface area contributed by atoms with Gasteiger partial charge in [-0.1, -0.05) is 55.5 Å². The van der Waals surface area contributed by atoms with E-state index < -0.39 is 6.10 Å². The van der Waals surface area contributed by atoms with Crippen molar-refractivity contribution in [1.29, 1.82) is 0 Å². The Balaban J connectivity index is 0.00000205. The maximum absolute atomic E-state index is 10.6. The van der Waals surface area contributed by atoms with Gasteiger partial charge in [-0.2, -0.15) is 5.11 Å². The van der Waals surface area contributed by atoms with Gasteiger partial charge in [-0.15, -0.1) is 11.3 Å². The van der Waals surface area contributed by atoms with Crippen LogP contribution >= 0.6 is 11.3 Å². The predicted molar refractivity (Wildman–Crippen MR) is 162 cm³/mol. The van der Waals surface area contributed by atoms with Crippen LogP contribution in [0.2, 0.25) is 0 Å². The van der Waals surface area contributed by atoms with Crippen LogP contribution in [0.3, 0.4) is 0 Å². The average Bonchev–Trinajstić information content (AvgIpc) is 3.65. The molecule has 39 heavy (non-hydrogen) atoms. The Labute approximate surface area is 235 Å². The molecule has 4 aromatic rings. The van der Waals surface area contributed by atoms with E-state index in [1.807, 2.05) is 38.1 Å². The molecule has 2 unspecified atom stereocenters. The zero-order valence-electron chi connectivity index (χ0n) is 23.4. The topological polar surface area (TPSA) is 106 Å². The Morgan fingerprint density at radius 3 is 2.69 bits per heavy atom. The summed E-state index contributed by atoms with van der Waals surface area (Å²) in [6, 6.07) is 18.7. The highest BCUT2D eigenvalue weighted by Gasteiger charge is 2.14. The molecule has 0 spiro atoms. The van der Waals surface area contributed by atoms with Gasteiger partial charge in [0.2, 0.25) is 0 Å². The standard InChI is InChI=1S/C28H36N6O2S.C2H6/c1-20(30-18-23(35)19-36-26-12-4-3-10-25(26)27-13-7-15-37-27)16-22-17-31-28-21(8-5-11-24(22)28)9-6-14-32-34-33-29-2;1-2/h3-5,7-8,10-13,15,17,20,23,30-31,35H,6,9,14,16,18-19H2,1-2H3,(H,29,34)(H,32,33);1-2H3. The maximum Gasteiger partial charge on any atom is 0.128 e. The number of thiophene rings is 1. The Hall–Kier alpha value is -3.24. The number of fused-ring (bicyclic) bond motifs is 1. The molecule has 2 aromatic carbocycles. The van der Waals surface area contributed by atoms with E-state index in [0.29, 0.717) is 13.1 Å². The summed E-state index contributed by atoms with van der Waals surface area (Å²) in [5.41, 5.74) is 10.1. The van der Waals surface area contributed by atoms with Gasteiger partial charge in [0.05, 0.1) is 6.54 Å². The summed E-state index contributed by atoms with van der Waals surface area (Å²) in [5, 5.41) is 25.2. The number of para-hydroxylation sites is 2. The number of aromatic amines is 1. The van der Waals surface area contributed by atoms with Crippen molar-refractivity contribution in [1.82, 2.24) is 21.3 Å². The van der Waals surface area contributed by atoms with Crippen molar-refractivity contribution in [3.63, 3.8) is 0 Å². The maximum atomic E-state index is 10.6. The van der Waals surface area contributed by atoms with Gasteiger partial charge < -0.3 is 20.1 Å². The number of hydrogen-bond acceptors (Lipinski definition) is 7. The van der Waals surface area contributed by atoms with Crippen LogP contribution in [0.5, 0.6) is 5.75 Å². The average molecular weight is 551 g/mol. The number of aliphatic hydroxyl groups is 1. The molecule has 0 aliphatic carbocycles. The number of nitrogens with one attached hydrogen (secondary N) is 4. The lowest BCUT2D eigenvalue weighted by Gasteiger charge is -2.18. The lowest BCUT2D eigenvalue weighted by atomic mass is 10.0. The monoisotopic (exact) mass is 550 g/mol. The highest BCUT2D eigenvalue weighted by Crippen LogP contribution is 2.33. The van der Waals surface area contributed by atoms with E-state index in [0.717, 1.165) is 35.5 Å². The number of aryl methyl sites for hydroxylation is 1. The van der Waals surface area contributed by atoms with E-state index in [2.05, 4.69) is 80.4 Å². The van der Waals surface area contributed by atoms with Crippen LogP contribution in [0.4, 0.5) is 0 Å². The van der Waals surface area contributed by atoms with Crippen molar-refractivity contribution in [2.75, 3.05) is 26.7 Å². The van der Waals surface area contributed by atoms with Gasteiger partial charge in [0.25, 0.3) is 0 Å². The van der Waals surface area contributed by atoms with Crippen LogP contribution < -0.4 is 21.0 Å². The predicted octanol–water partition coefficient (Wildman–Crippen LogP) is 5.91. The number of H-pyrrole nitrogens is 1. The van der Waals surface area contributed by atoms with Crippen molar-refractivity contribution in [3.8, 4) is 16.2 Å². The zero-order chi connectivity index (χ0) is 27.9. The van der Waals surface area contributed by atoms with E-state index in [1.54, 1.807) is 18.4 Å². The number of hydrazine groups is 1. The summed E-state index contributed by atoms with van der Waals surface area (Å²) >= 11 is 1.68. The molecular formula is C30H42N6O2S. The normalized spacial score (nSPS) is 12.7.